The predicted octanol–water partition coefficient (Wildman–Crippen LogP) is 3.48. The molecule has 0 aliphatic carbocycles. The molecule has 0 saturated carbocycles. The van der Waals surface area contributed by atoms with Gasteiger partial charge >= 0.3 is 0 Å². The molecule has 0 aromatic carbocycles. The lowest BCUT2D eigenvalue weighted by Gasteiger charge is -2.05. The van der Waals surface area contributed by atoms with E-state index in [4.69, 9.17) is 4.42 Å². The Morgan fingerprint density at radius 1 is 1.31 bits per heavy atom. The molecule has 3 aromatic heterocycles. The van der Waals surface area contributed by atoms with Crippen LogP contribution in [0.25, 0.3) is 11.6 Å². The second-order valence-corrected chi connectivity index (χ2v) is 7.47. The minimum absolute atomic E-state index is 0.140. The molecule has 0 aliphatic rings. The van der Waals surface area contributed by atoms with Crippen molar-refractivity contribution in [2.75, 3.05) is 11.1 Å². The van der Waals surface area contributed by atoms with E-state index in [1.807, 2.05) is 17.6 Å². The van der Waals surface area contributed by atoms with Crippen LogP contribution in [-0.2, 0) is 17.8 Å². The van der Waals surface area contributed by atoms with E-state index in [0.29, 0.717) is 28.4 Å². The van der Waals surface area contributed by atoms with E-state index in [-0.39, 0.29) is 11.7 Å². The molecule has 1 N–H and O–H groups in total. The molecule has 138 valence electrons. The fraction of sp³-hybridized carbons (Fsp3) is 0.438. The van der Waals surface area contributed by atoms with Gasteiger partial charge in [-0.3, -0.25) is 14.7 Å². The molecular weight excluding hydrogens is 372 g/mol. The molecule has 0 bridgehead atoms. The van der Waals surface area contributed by atoms with Crippen LogP contribution < -0.4 is 5.32 Å². The minimum atomic E-state index is -0.140. The van der Waals surface area contributed by atoms with Crippen molar-refractivity contribution in [3.63, 3.8) is 0 Å². The van der Waals surface area contributed by atoms with Crippen molar-refractivity contribution < 1.29 is 9.21 Å². The quantitative estimate of drug-likeness (QED) is 0.557. The number of nitrogens with zero attached hydrogens (tertiary/aromatic N) is 5. The van der Waals surface area contributed by atoms with E-state index in [1.54, 1.807) is 12.3 Å². The van der Waals surface area contributed by atoms with Crippen molar-refractivity contribution in [2.24, 2.45) is 0 Å². The molecule has 0 saturated heterocycles. The second-order valence-electron chi connectivity index (χ2n) is 5.47. The summed E-state index contributed by atoms with van der Waals surface area (Å²) in [5.74, 6) is 1.40. The molecule has 10 heteroatoms. The monoisotopic (exact) mass is 392 g/mol. The van der Waals surface area contributed by atoms with Crippen molar-refractivity contribution in [1.29, 1.82) is 0 Å². The Labute approximate surface area is 159 Å². The molecule has 0 unspecified atom stereocenters. The normalized spacial score (nSPS) is 11.0. The summed E-state index contributed by atoms with van der Waals surface area (Å²) in [5.41, 5.74) is 0. The van der Waals surface area contributed by atoms with Gasteiger partial charge in [-0.15, -0.1) is 20.4 Å². The third-order valence-corrected chi connectivity index (χ3v) is 5.43. The number of carbonyl (C=O) groups is 1. The number of anilines is 1. The number of nitrogens with one attached hydrogen (secondary N) is 1. The minimum Gasteiger partial charge on any atom is -0.461 e. The number of aromatic nitrogens is 5. The Balaban J connectivity index is 1.57. The molecular formula is C16H20N6O2S2. The van der Waals surface area contributed by atoms with Crippen LogP contribution in [0.1, 0.15) is 31.7 Å². The molecule has 3 heterocycles. The molecule has 1 amide bonds. The Bertz CT molecular complexity index is 843. The summed E-state index contributed by atoms with van der Waals surface area (Å²) in [7, 11) is 0. The zero-order valence-corrected chi connectivity index (χ0v) is 16.3. The van der Waals surface area contributed by atoms with Crippen LogP contribution in [0.2, 0.25) is 0 Å². The largest absolute Gasteiger partial charge is 0.461 e. The van der Waals surface area contributed by atoms with E-state index in [1.165, 1.54) is 23.1 Å². The van der Waals surface area contributed by atoms with Gasteiger partial charge in [-0.25, -0.2) is 0 Å². The summed E-state index contributed by atoms with van der Waals surface area (Å²) in [4.78, 5) is 12.2. The number of rotatable bonds is 9. The van der Waals surface area contributed by atoms with Crippen molar-refractivity contribution in [3.05, 3.63) is 23.4 Å². The molecule has 0 radical (unpaired) electrons. The van der Waals surface area contributed by atoms with Gasteiger partial charge in [0.25, 0.3) is 0 Å². The molecule has 0 fully saturated rings. The number of thioether (sulfide) groups is 1. The average molecular weight is 393 g/mol. The van der Waals surface area contributed by atoms with Crippen molar-refractivity contribution in [3.8, 4) is 11.6 Å². The number of unbranched alkanes of at least 4 members (excludes halogenated alkanes) is 1. The highest BCUT2D eigenvalue weighted by Crippen LogP contribution is 2.24. The molecule has 3 rings (SSSR count). The molecule has 0 aliphatic heterocycles. The average Bonchev–Trinajstić information content (AvgIpc) is 3.37. The molecule has 8 nitrogen and oxygen atoms in total. The SMILES string of the molecule is CCCCc1nnc(NC(=O)CSc2nnc(-c3ccco3)n2CC)s1. The Hall–Kier alpha value is -2.20. The fourth-order valence-corrected chi connectivity index (χ4v) is 3.89. The first-order valence-corrected chi connectivity index (χ1v) is 10.2. The standard InChI is InChI=1S/C16H20N6O2S2/c1-3-5-8-13-18-20-15(26-13)17-12(23)10-25-16-21-19-14(22(16)4-2)11-7-6-9-24-11/h6-7,9H,3-5,8,10H2,1-2H3,(H,17,20,23). The lowest BCUT2D eigenvalue weighted by Crippen LogP contribution is -2.14. The Morgan fingerprint density at radius 3 is 2.92 bits per heavy atom. The third kappa shape index (κ3) is 4.50. The fourth-order valence-electron chi connectivity index (χ4n) is 2.29. The maximum atomic E-state index is 12.2. The predicted molar refractivity (Wildman–Crippen MR) is 101 cm³/mol. The first kappa shape index (κ1) is 18.6. The number of furan rings is 1. The molecule has 0 spiro atoms. The van der Waals surface area contributed by atoms with Gasteiger partial charge < -0.3 is 4.42 Å². The number of hydrogen-bond donors (Lipinski definition) is 1. The highest BCUT2D eigenvalue weighted by molar-refractivity contribution is 7.99. The highest BCUT2D eigenvalue weighted by atomic mass is 32.2. The number of aryl methyl sites for hydroxylation is 1. The van der Waals surface area contributed by atoms with E-state index in [9.17, 15) is 4.79 Å². The van der Waals surface area contributed by atoms with Crippen molar-refractivity contribution >= 4 is 34.1 Å². The lowest BCUT2D eigenvalue weighted by molar-refractivity contribution is -0.113. The summed E-state index contributed by atoms with van der Waals surface area (Å²) >= 11 is 2.75. The van der Waals surface area contributed by atoms with Gasteiger partial charge in [0.05, 0.1) is 12.0 Å². The lowest BCUT2D eigenvalue weighted by atomic mass is 10.3. The smallest absolute Gasteiger partial charge is 0.236 e. The number of hydrogen-bond acceptors (Lipinski definition) is 8. The Kier molecular flexibility index (Phi) is 6.40. The second kappa shape index (κ2) is 8.95. The first-order valence-electron chi connectivity index (χ1n) is 8.43. The molecule has 3 aromatic rings. The zero-order valence-electron chi connectivity index (χ0n) is 14.6. The molecule has 0 atom stereocenters. The summed E-state index contributed by atoms with van der Waals surface area (Å²) in [6.45, 7) is 4.82. The summed E-state index contributed by atoms with van der Waals surface area (Å²) in [6.07, 6.45) is 4.67. The van der Waals surface area contributed by atoms with Crippen LogP contribution in [0, 0.1) is 0 Å². The maximum Gasteiger partial charge on any atom is 0.236 e. The number of amides is 1. The van der Waals surface area contributed by atoms with Crippen molar-refractivity contribution in [1.82, 2.24) is 25.0 Å². The van der Waals surface area contributed by atoms with Crippen LogP contribution >= 0.6 is 23.1 Å². The van der Waals surface area contributed by atoms with E-state index in [0.717, 1.165) is 24.3 Å². The van der Waals surface area contributed by atoms with E-state index < -0.39 is 0 Å². The first-order chi connectivity index (χ1) is 12.7. The highest BCUT2D eigenvalue weighted by Gasteiger charge is 2.16. The van der Waals surface area contributed by atoms with Gasteiger partial charge in [-0.05, 0) is 25.5 Å². The van der Waals surface area contributed by atoms with Crippen LogP contribution in [0.3, 0.4) is 0 Å². The van der Waals surface area contributed by atoms with Gasteiger partial charge in [0.15, 0.2) is 16.7 Å². The summed E-state index contributed by atoms with van der Waals surface area (Å²) < 4.78 is 7.31. The third-order valence-electron chi connectivity index (χ3n) is 3.56. The van der Waals surface area contributed by atoms with E-state index >= 15 is 0 Å². The summed E-state index contributed by atoms with van der Waals surface area (Å²) in [6, 6.07) is 3.64. The van der Waals surface area contributed by atoms with Gasteiger partial charge in [0, 0.05) is 13.0 Å². The van der Waals surface area contributed by atoms with Gasteiger partial charge in [-0.1, -0.05) is 36.4 Å². The van der Waals surface area contributed by atoms with Gasteiger partial charge in [0.1, 0.15) is 5.01 Å². The zero-order chi connectivity index (χ0) is 18.4. The van der Waals surface area contributed by atoms with Crippen LogP contribution in [-0.4, -0.2) is 36.6 Å². The van der Waals surface area contributed by atoms with Crippen molar-refractivity contribution in [2.45, 2.75) is 44.8 Å². The van der Waals surface area contributed by atoms with Crippen LogP contribution in [0.4, 0.5) is 5.13 Å². The maximum absolute atomic E-state index is 12.2. The van der Waals surface area contributed by atoms with Crippen LogP contribution in [0.5, 0.6) is 0 Å². The summed E-state index contributed by atoms with van der Waals surface area (Å²) in [5, 5.41) is 21.4. The number of carbonyl (C=O) groups excluding carboxylic acids is 1. The topological polar surface area (TPSA) is 98.7 Å². The van der Waals surface area contributed by atoms with Gasteiger partial charge in [0.2, 0.25) is 11.0 Å². The van der Waals surface area contributed by atoms with Gasteiger partial charge in [-0.2, -0.15) is 0 Å². The van der Waals surface area contributed by atoms with Crippen LogP contribution in [0.15, 0.2) is 28.0 Å². The Morgan fingerprint density at radius 2 is 2.19 bits per heavy atom. The van der Waals surface area contributed by atoms with E-state index in [2.05, 4.69) is 32.6 Å². The molecule has 26 heavy (non-hydrogen) atoms.